The molecule has 3 amide bonds. The van der Waals surface area contributed by atoms with Gasteiger partial charge in [-0.1, -0.05) is 12.1 Å². The van der Waals surface area contributed by atoms with Crippen molar-refractivity contribution in [1.29, 1.82) is 0 Å². The first-order valence-corrected chi connectivity index (χ1v) is 11.6. The van der Waals surface area contributed by atoms with E-state index in [-0.39, 0.29) is 11.7 Å². The highest BCUT2D eigenvalue weighted by atomic mass is 16.2. The number of hydrogen-bond donors (Lipinski definition) is 1. The maximum Gasteiger partial charge on any atom is 0.332 e. The summed E-state index contributed by atoms with van der Waals surface area (Å²) in [4.78, 5) is 45.1. The number of nitrogens with two attached hydrogens (primary N) is 1. The van der Waals surface area contributed by atoms with Crippen LogP contribution >= 0.6 is 0 Å². The van der Waals surface area contributed by atoms with Gasteiger partial charge in [-0.25, -0.2) is 14.6 Å². The molecule has 182 valence electrons. The molecule has 9 nitrogen and oxygen atoms in total. The Hall–Kier alpha value is -4.66. The molecule has 9 heteroatoms. The Morgan fingerprint density at radius 1 is 0.972 bits per heavy atom. The fourth-order valence-corrected chi connectivity index (χ4v) is 4.65. The molecule has 0 aliphatic carbocycles. The van der Waals surface area contributed by atoms with Crippen LogP contribution in [0, 0.1) is 13.8 Å². The van der Waals surface area contributed by atoms with Crippen LogP contribution in [-0.2, 0) is 7.05 Å². The van der Waals surface area contributed by atoms with E-state index in [1.54, 1.807) is 64.3 Å². The summed E-state index contributed by atoms with van der Waals surface area (Å²) in [5.41, 5.74) is 10.9. The normalized spacial score (nSPS) is 13.5. The minimum absolute atomic E-state index is 0.105. The Morgan fingerprint density at radius 2 is 1.75 bits per heavy atom. The first-order chi connectivity index (χ1) is 17.3. The van der Waals surface area contributed by atoms with Gasteiger partial charge in [0.25, 0.3) is 0 Å². The number of rotatable bonds is 5. The van der Waals surface area contributed by atoms with Gasteiger partial charge in [0.15, 0.2) is 0 Å². The number of imidazole rings is 1. The van der Waals surface area contributed by atoms with Crippen molar-refractivity contribution in [2.24, 2.45) is 12.8 Å². The topological polar surface area (TPSA) is 106 Å². The number of amides is 3. The van der Waals surface area contributed by atoms with E-state index in [1.165, 1.54) is 4.57 Å². The molecule has 1 aliphatic rings. The number of benzene rings is 2. The monoisotopic (exact) mass is 482 g/mol. The van der Waals surface area contributed by atoms with Crippen molar-refractivity contribution in [2.75, 3.05) is 22.9 Å². The van der Waals surface area contributed by atoms with E-state index >= 15 is 0 Å². The average molecular weight is 483 g/mol. The predicted molar refractivity (Wildman–Crippen MR) is 139 cm³/mol. The number of aromatic nitrogens is 3. The quantitative estimate of drug-likeness (QED) is 0.470. The lowest BCUT2D eigenvalue weighted by atomic mass is 9.99. The standard InChI is InChI=1S/C27H26N6O3/c1-17-15-19(7-8-23(17)32-12-11-30(3)26(32)35)22-9-10-29-25(18(22)2)33-14-13-31(27(33)36)21-6-4-5-20(16-21)24(28)34/h4-12,15-16H,13-14H2,1-3H3,(H2,28,34). The smallest absolute Gasteiger partial charge is 0.332 e. The lowest BCUT2D eigenvalue weighted by molar-refractivity contribution is 0.1000. The van der Waals surface area contributed by atoms with Crippen molar-refractivity contribution in [3.63, 3.8) is 0 Å². The van der Waals surface area contributed by atoms with E-state index in [9.17, 15) is 14.4 Å². The minimum atomic E-state index is -0.538. The molecule has 5 rings (SSSR count). The van der Waals surface area contributed by atoms with E-state index in [0.717, 1.165) is 27.9 Å². The Bertz CT molecular complexity index is 1570. The van der Waals surface area contributed by atoms with Crippen LogP contribution in [0.25, 0.3) is 16.8 Å². The van der Waals surface area contributed by atoms with Gasteiger partial charge in [-0.2, -0.15) is 0 Å². The molecule has 36 heavy (non-hydrogen) atoms. The van der Waals surface area contributed by atoms with Crippen LogP contribution in [0.4, 0.5) is 16.3 Å². The van der Waals surface area contributed by atoms with E-state index in [1.807, 2.05) is 38.1 Å². The largest absolute Gasteiger partial charge is 0.366 e. The first-order valence-electron chi connectivity index (χ1n) is 11.6. The lowest BCUT2D eigenvalue weighted by Gasteiger charge is -2.21. The molecule has 0 spiro atoms. The highest BCUT2D eigenvalue weighted by Gasteiger charge is 2.33. The molecule has 1 fully saturated rings. The van der Waals surface area contributed by atoms with Crippen molar-refractivity contribution >= 4 is 23.4 Å². The summed E-state index contributed by atoms with van der Waals surface area (Å²) in [6.45, 7) is 4.85. The second-order valence-corrected chi connectivity index (χ2v) is 8.87. The van der Waals surface area contributed by atoms with Crippen molar-refractivity contribution in [3.05, 3.63) is 94.3 Å². The second-order valence-electron chi connectivity index (χ2n) is 8.87. The van der Waals surface area contributed by atoms with Gasteiger partial charge in [-0.3, -0.25) is 19.2 Å². The predicted octanol–water partition coefficient (Wildman–Crippen LogP) is 3.40. The number of hydrogen-bond acceptors (Lipinski definition) is 4. The summed E-state index contributed by atoms with van der Waals surface area (Å²) in [7, 11) is 1.72. The number of pyridine rings is 1. The van der Waals surface area contributed by atoms with Gasteiger partial charge in [-0.15, -0.1) is 0 Å². The van der Waals surface area contributed by atoms with Crippen LogP contribution in [-0.4, -0.2) is 39.1 Å². The van der Waals surface area contributed by atoms with Gasteiger partial charge >= 0.3 is 11.7 Å². The van der Waals surface area contributed by atoms with E-state index in [0.29, 0.717) is 30.2 Å². The number of anilines is 2. The van der Waals surface area contributed by atoms with Crippen LogP contribution in [0.1, 0.15) is 21.5 Å². The highest BCUT2D eigenvalue weighted by molar-refractivity contribution is 6.07. The fourth-order valence-electron chi connectivity index (χ4n) is 4.65. The molecule has 1 aliphatic heterocycles. The average Bonchev–Trinajstić information content (AvgIpc) is 3.41. The molecule has 1 saturated heterocycles. The Balaban J connectivity index is 1.46. The first kappa shape index (κ1) is 23.1. The number of carbonyl (C=O) groups excluding carboxylic acids is 2. The zero-order valence-electron chi connectivity index (χ0n) is 20.3. The molecule has 0 bridgehead atoms. The number of primary amides is 1. The molecule has 0 radical (unpaired) electrons. The molecule has 0 atom stereocenters. The van der Waals surface area contributed by atoms with Gasteiger partial charge in [0.2, 0.25) is 5.91 Å². The molecular weight excluding hydrogens is 456 g/mol. The molecule has 2 aromatic carbocycles. The van der Waals surface area contributed by atoms with Gasteiger partial charge in [0.05, 0.1) is 5.69 Å². The molecule has 0 unspecified atom stereocenters. The van der Waals surface area contributed by atoms with Gasteiger partial charge < -0.3 is 10.3 Å². The Labute approximate surface area is 208 Å². The summed E-state index contributed by atoms with van der Waals surface area (Å²) in [5, 5.41) is 0. The minimum Gasteiger partial charge on any atom is -0.366 e. The van der Waals surface area contributed by atoms with Gasteiger partial charge in [0, 0.05) is 50.0 Å². The summed E-state index contributed by atoms with van der Waals surface area (Å²) in [6.07, 6.45) is 5.19. The molecule has 2 aromatic heterocycles. The molecule has 3 heterocycles. The SMILES string of the molecule is Cc1cc(-c2ccnc(N3CCN(c4cccc(C(N)=O)c4)C3=O)c2C)ccc1-n1ccn(C)c1=O. The van der Waals surface area contributed by atoms with Crippen molar-refractivity contribution in [2.45, 2.75) is 13.8 Å². The Morgan fingerprint density at radius 3 is 2.44 bits per heavy atom. The third kappa shape index (κ3) is 3.84. The van der Waals surface area contributed by atoms with Crippen LogP contribution in [0.2, 0.25) is 0 Å². The van der Waals surface area contributed by atoms with Crippen LogP contribution < -0.4 is 21.2 Å². The number of aryl methyl sites for hydroxylation is 2. The summed E-state index contributed by atoms with van der Waals surface area (Å²) < 4.78 is 3.15. The van der Waals surface area contributed by atoms with E-state index in [4.69, 9.17) is 5.73 Å². The number of nitrogens with zero attached hydrogens (tertiary/aromatic N) is 5. The lowest BCUT2D eigenvalue weighted by Crippen LogP contribution is -2.32. The zero-order chi connectivity index (χ0) is 25.6. The molecular formula is C27H26N6O3. The van der Waals surface area contributed by atoms with Crippen molar-refractivity contribution in [3.8, 4) is 16.8 Å². The van der Waals surface area contributed by atoms with Crippen molar-refractivity contribution < 1.29 is 9.59 Å². The van der Waals surface area contributed by atoms with Crippen LogP contribution in [0.15, 0.2) is 71.9 Å². The third-order valence-electron chi connectivity index (χ3n) is 6.60. The van der Waals surface area contributed by atoms with Gasteiger partial charge in [-0.05, 0) is 72.5 Å². The van der Waals surface area contributed by atoms with Crippen LogP contribution in [0.5, 0.6) is 0 Å². The Kier molecular flexibility index (Phi) is 5.68. The molecule has 2 N–H and O–H groups in total. The fraction of sp³-hybridized carbons (Fsp3) is 0.185. The molecule has 4 aromatic rings. The highest BCUT2D eigenvalue weighted by Crippen LogP contribution is 2.33. The third-order valence-corrected chi connectivity index (χ3v) is 6.60. The van der Waals surface area contributed by atoms with Crippen molar-refractivity contribution in [1.82, 2.24) is 14.1 Å². The summed E-state index contributed by atoms with van der Waals surface area (Å²) >= 11 is 0. The summed E-state index contributed by atoms with van der Waals surface area (Å²) in [6, 6.07) is 14.4. The van der Waals surface area contributed by atoms with Gasteiger partial charge in [0.1, 0.15) is 5.82 Å². The second kappa shape index (κ2) is 8.84. The number of urea groups is 1. The zero-order valence-corrected chi connectivity index (χ0v) is 20.3. The van der Waals surface area contributed by atoms with Crippen LogP contribution in [0.3, 0.4) is 0 Å². The van der Waals surface area contributed by atoms with E-state index < -0.39 is 5.91 Å². The molecule has 0 saturated carbocycles. The maximum absolute atomic E-state index is 13.3. The maximum atomic E-state index is 13.3. The van der Waals surface area contributed by atoms with E-state index in [2.05, 4.69) is 4.98 Å². The number of carbonyl (C=O) groups is 2. The summed E-state index contributed by atoms with van der Waals surface area (Å²) in [5.74, 6) is 0.0519.